The molecule has 76 valence electrons. The summed E-state index contributed by atoms with van der Waals surface area (Å²) >= 11 is 2.05. The number of benzene rings is 1. The van der Waals surface area contributed by atoms with Gasteiger partial charge in [-0.2, -0.15) is 11.8 Å². The van der Waals surface area contributed by atoms with Crippen LogP contribution in [0.25, 0.3) is 0 Å². The van der Waals surface area contributed by atoms with Crippen molar-refractivity contribution in [2.45, 2.75) is 30.9 Å². The molecule has 0 spiro atoms. The molecule has 0 bridgehead atoms. The van der Waals surface area contributed by atoms with E-state index in [9.17, 15) is 0 Å². The van der Waals surface area contributed by atoms with Crippen molar-refractivity contribution in [3.8, 4) is 0 Å². The molecule has 2 atom stereocenters. The molecule has 2 rings (SSSR count). The smallest absolute Gasteiger partial charge is 0.0440 e. The van der Waals surface area contributed by atoms with E-state index < -0.39 is 0 Å². The van der Waals surface area contributed by atoms with Gasteiger partial charge in [0.15, 0.2) is 0 Å². The van der Waals surface area contributed by atoms with Crippen LogP contribution in [0.5, 0.6) is 0 Å². The Bertz CT molecular complexity index is 311. The van der Waals surface area contributed by atoms with Crippen LogP contribution in [0.4, 0.5) is 0 Å². The van der Waals surface area contributed by atoms with Crippen LogP contribution in [-0.2, 0) is 5.75 Å². The highest BCUT2D eigenvalue weighted by Gasteiger charge is 2.25. The third kappa shape index (κ3) is 1.82. The molecule has 1 N–H and O–H groups in total. The molecule has 0 saturated carbocycles. The third-order valence-electron chi connectivity index (χ3n) is 2.79. The first-order chi connectivity index (χ1) is 6.83. The molecule has 1 nitrogen and oxygen atoms in total. The minimum absolute atomic E-state index is 0.537. The summed E-state index contributed by atoms with van der Waals surface area (Å²) in [6, 6.07) is 9.33. The second kappa shape index (κ2) is 4.37. The lowest BCUT2D eigenvalue weighted by molar-refractivity contribution is 0.540. The van der Waals surface area contributed by atoms with Gasteiger partial charge in [-0.3, -0.25) is 0 Å². The summed E-state index contributed by atoms with van der Waals surface area (Å²) in [6.07, 6.45) is 0. The van der Waals surface area contributed by atoms with Gasteiger partial charge in [0.1, 0.15) is 0 Å². The Balaban J connectivity index is 2.31. The summed E-state index contributed by atoms with van der Waals surface area (Å²) in [7, 11) is 0. The predicted molar refractivity (Wildman–Crippen MR) is 63.6 cm³/mol. The van der Waals surface area contributed by atoms with Gasteiger partial charge in [0.05, 0.1) is 0 Å². The van der Waals surface area contributed by atoms with Crippen molar-refractivity contribution in [3.63, 3.8) is 0 Å². The Morgan fingerprint density at radius 1 is 1.43 bits per heavy atom. The zero-order valence-corrected chi connectivity index (χ0v) is 9.60. The van der Waals surface area contributed by atoms with Crippen LogP contribution < -0.4 is 5.32 Å². The average Bonchev–Trinajstić information content (AvgIpc) is 2.23. The Kier molecular flexibility index (Phi) is 3.14. The van der Waals surface area contributed by atoms with E-state index in [1.54, 1.807) is 0 Å². The molecule has 14 heavy (non-hydrogen) atoms. The monoisotopic (exact) mass is 207 g/mol. The highest BCUT2D eigenvalue weighted by atomic mass is 32.2. The molecule has 0 radical (unpaired) electrons. The number of thioether (sulfide) groups is 1. The minimum atomic E-state index is 0.537. The van der Waals surface area contributed by atoms with Crippen molar-refractivity contribution in [1.29, 1.82) is 0 Å². The van der Waals surface area contributed by atoms with Crippen molar-refractivity contribution < 1.29 is 0 Å². The van der Waals surface area contributed by atoms with E-state index in [1.165, 1.54) is 16.9 Å². The van der Waals surface area contributed by atoms with E-state index >= 15 is 0 Å². The molecule has 1 heterocycles. The fourth-order valence-electron chi connectivity index (χ4n) is 2.04. The van der Waals surface area contributed by atoms with Crippen LogP contribution >= 0.6 is 11.8 Å². The average molecular weight is 207 g/mol. The van der Waals surface area contributed by atoms with Gasteiger partial charge in [0.25, 0.3) is 0 Å². The first kappa shape index (κ1) is 10.1. The van der Waals surface area contributed by atoms with Gasteiger partial charge in [-0.25, -0.2) is 0 Å². The zero-order valence-electron chi connectivity index (χ0n) is 8.79. The van der Waals surface area contributed by atoms with Gasteiger partial charge < -0.3 is 5.32 Å². The number of hydrogen-bond donors (Lipinski definition) is 1. The fraction of sp³-hybridized carbons (Fsp3) is 0.500. The maximum Gasteiger partial charge on any atom is 0.0440 e. The van der Waals surface area contributed by atoms with Crippen molar-refractivity contribution in [2.75, 3.05) is 6.54 Å². The fourth-order valence-corrected chi connectivity index (χ4v) is 3.18. The van der Waals surface area contributed by atoms with Gasteiger partial charge in [0.2, 0.25) is 0 Å². The Hall–Kier alpha value is -0.470. The lowest BCUT2D eigenvalue weighted by Crippen LogP contribution is -2.31. The molecule has 0 fully saturated rings. The van der Waals surface area contributed by atoms with Crippen LogP contribution in [0.2, 0.25) is 0 Å². The van der Waals surface area contributed by atoms with Crippen molar-refractivity contribution in [1.82, 2.24) is 5.32 Å². The van der Waals surface area contributed by atoms with Gasteiger partial charge in [-0.05, 0) is 17.7 Å². The molecule has 0 saturated heterocycles. The van der Waals surface area contributed by atoms with Crippen LogP contribution in [0.15, 0.2) is 24.3 Å². The number of hydrogen-bond acceptors (Lipinski definition) is 2. The molecule has 1 aliphatic rings. The van der Waals surface area contributed by atoms with Gasteiger partial charge >= 0.3 is 0 Å². The van der Waals surface area contributed by atoms with Crippen molar-refractivity contribution >= 4 is 11.8 Å². The van der Waals surface area contributed by atoms with E-state index in [0.717, 1.165) is 6.54 Å². The quantitative estimate of drug-likeness (QED) is 0.800. The van der Waals surface area contributed by atoms with Gasteiger partial charge in [0, 0.05) is 17.0 Å². The summed E-state index contributed by atoms with van der Waals surface area (Å²) < 4.78 is 0. The molecule has 1 aromatic carbocycles. The normalized spacial score (nSPS) is 25.9. The summed E-state index contributed by atoms with van der Waals surface area (Å²) in [5.41, 5.74) is 3.00. The van der Waals surface area contributed by atoms with Crippen LogP contribution in [0, 0.1) is 0 Å². The molecule has 1 aromatic rings. The maximum absolute atomic E-state index is 3.57. The zero-order chi connectivity index (χ0) is 9.97. The molecule has 0 aromatic heterocycles. The first-order valence-corrected chi connectivity index (χ1v) is 6.30. The van der Waals surface area contributed by atoms with Crippen LogP contribution in [0.1, 0.15) is 31.0 Å². The summed E-state index contributed by atoms with van der Waals surface area (Å²) in [4.78, 5) is 0. The van der Waals surface area contributed by atoms with Gasteiger partial charge in [-0.15, -0.1) is 0 Å². The number of fused-ring (bicyclic) bond motifs is 1. The highest BCUT2D eigenvalue weighted by molar-refractivity contribution is 7.99. The lowest BCUT2D eigenvalue weighted by atomic mass is 9.98. The molecule has 2 unspecified atom stereocenters. The minimum Gasteiger partial charge on any atom is -0.309 e. The largest absolute Gasteiger partial charge is 0.309 e. The summed E-state index contributed by atoms with van der Waals surface area (Å²) in [5, 5.41) is 4.25. The van der Waals surface area contributed by atoms with Crippen LogP contribution in [-0.4, -0.2) is 11.8 Å². The first-order valence-electron chi connectivity index (χ1n) is 5.25. The number of nitrogens with one attached hydrogen (secondary N) is 1. The van der Waals surface area contributed by atoms with E-state index in [0.29, 0.717) is 11.3 Å². The molecule has 2 heteroatoms. The Morgan fingerprint density at radius 3 is 3.00 bits per heavy atom. The Labute approximate surface area is 90.3 Å². The van der Waals surface area contributed by atoms with E-state index in [-0.39, 0.29) is 0 Å². The molecule has 1 aliphatic heterocycles. The third-order valence-corrected chi connectivity index (χ3v) is 4.06. The predicted octanol–water partition coefficient (Wildman–Crippen LogP) is 2.97. The van der Waals surface area contributed by atoms with Gasteiger partial charge in [-0.1, -0.05) is 38.1 Å². The molecular weight excluding hydrogens is 190 g/mol. The van der Waals surface area contributed by atoms with E-state index in [1.807, 2.05) is 11.8 Å². The second-order valence-electron chi connectivity index (χ2n) is 3.75. The van der Waals surface area contributed by atoms with Crippen LogP contribution in [0.3, 0.4) is 0 Å². The van der Waals surface area contributed by atoms with Crippen molar-refractivity contribution in [2.24, 2.45) is 0 Å². The topological polar surface area (TPSA) is 12.0 Å². The SMILES string of the molecule is CCNC1c2ccccc2CSC1C. The van der Waals surface area contributed by atoms with E-state index in [4.69, 9.17) is 0 Å². The Morgan fingerprint density at radius 2 is 2.21 bits per heavy atom. The van der Waals surface area contributed by atoms with Crippen molar-refractivity contribution in [3.05, 3.63) is 35.4 Å². The molecular formula is C12H17NS. The van der Waals surface area contributed by atoms with E-state index in [2.05, 4.69) is 43.4 Å². The second-order valence-corrected chi connectivity index (χ2v) is 5.12. The highest BCUT2D eigenvalue weighted by Crippen LogP contribution is 2.36. The standard InChI is InChI=1S/C12H17NS/c1-3-13-12-9(2)14-8-10-6-4-5-7-11(10)12/h4-7,9,12-13H,3,8H2,1-2H3. The number of rotatable bonds is 2. The molecule has 0 amide bonds. The summed E-state index contributed by atoms with van der Waals surface area (Å²) in [6.45, 7) is 5.53. The lowest BCUT2D eigenvalue weighted by Gasteiger charge is -2.31. The molecule has 0 aliphatic carbocycles. The summed E-state index contributed by atoms with van der Waals surface area (Å²) in [5.74, 6) is 1.17. The maximum atomic E-state index is 3.57.